The normalized spacial score (nSPS) is 11.4. The lowest BCUT2D eigenvalue weighted by atomic mass is 9.98. The number of rotatable bonds is 9. The number of hydrogen-bond acceptors (Lipinski definition) is 5. The summed E-state index contributed by atoms with van der Waals surface area (Å²) in [7, 11) is 0. The molecule has 4 aromatic rings. The molecule has 2 aromatic heterocycles. The van der Waals surface area contributed by atoms with Gasteiger partial charge in [-0.3, -0.25) is 14.8 Å². The van der Waals surface area contributed by atoms with Gasteiger partial charge in [-0.05, 0) is 41.8 Å². The van der Waals surface area contributed by atoms with Gasteiger partial charge in [0, 0.05) is 43.2 Å². The molecule has 4 rings (SSSR count). The SMILES string of the molecule is C[C@H](OC(=O)NCc1ccccc1-c1cccnc1C(=O)NCCc1ccccn1)c1ccccc1. The smallest absolute Gasteiger partial charge is 0.408 e. The van der Waals surface area contributed by atoms with E-state index >= 15 is 0 Å². The summed E-state index contributed by atoms with van der Waals surface area (Å²) in [5.41, 5.74) is 4.50. The summed E-state index contributed by atoms with van der Waals surface area (Å²) in [4.78, 5) is 34.1. The molecule has 1 atom stereocenters. The summed E-state index contributed by atoms with van der Waals surface area (Å²) < 4.78 is 5.51. The number of hydrogen-bond donors (Lipinski definition) is 2. The number of carbonyl (C=O) groups is 2. The summed E-state index contributed by atoms with van der Waals surface area (Å²) in [5, 5.41) is 5.76. The second-order valence-corrected chi connectivity index (χ2v) is 8.20. The number of amides is 2. The molecule has 0 fully saturated rings. The average molecular weight is 481 g/mol. The van der Waals surface area contributed by atoms with E-state index in [0.717, 1.165) is 22.4 Å². The Balaban J connectivity index is 1.42. The molecule has 0 saturated carbocycles. The van der Waals surface area contributed by atoms with Gasteiger partial charge in [0.1, 0.15) is 11.8 Å². The monoisotopic (exact) mass is 480 g/mol. The van der Waals surface area contributed by atoms with Crippen LogP contribution in [0.4, 0.5) is 4.79 Å². The summed E-state index contributed by atoms with van der Waals surface area (Å²) in [6.45, 7) is 2.52. The summed E-state index contributed by atoms with van der Waals surface area (Å²) in [6, 6.07) is 26.5. The van der Waals surface area contributed by atoms with Gasteiger partial charge in [-0.25, -0.2) is 4.79 Å². The molecule has 0 aliphatic heterocycles. The van der Waals surface area contributed by atoms with E-state index in [1.54, 1.807) is 18.5 Å². The lowest BCUT2D eigenvalue weighted by Crippen LogP contribution is -2.27. The molecule has 2 N–H and O–H groups in total. The molecule has 7 heteroatoms. The van der Waals surface area contributed by atoms with E-state index in [0.29, 0.717) is 24.2 Å². The maximum Gasteiger partial charge on any atom is 0.408 e. The van der Waals surface area contributed by atoms with E-state index in [9.17, 15) is 9.59 Å². The molecule has 0 unspecified atom stereocenters. The topological polar surface area (TPSA) is 93.2 Å². The highest BCUT2D eigenvalue weighted by Gasteiger charge is 2.17. The Hall–Kier alpha value is -4.52. The van der Waals surface area contributed by atoms with Crippen LogP contribution in [-0.2, 0) is 17.7 Å². The molecule has 0 saturated heterocycles. The molecular formula is C29H28N4O3. The third-order valence-corrected chi connectivity index (χ3v) is 5.70. The third kappa shape index (κ3) is 6.54. The summed E-state index contributed by atoms with van der Waals surface area (Å²) >= 11 is 0. The molecule has 0 aliphatic rings. The van der Waals surface area contributed by atoms with Crippen LogP contribution < -0.4 is 10.6 Å². The van der Waals surface area contributed by atoms with E-state index < -0.39 is 6.09 Å². The van der Waals surface area contributed by atoms with Crippen LogP contribution in [0.15, 0.2) is 97.3 Å². The van der Waals surface area contributed by atoms with E-state index in [2.05, 4.69) is 20.6 Å². The highest BCUT2D eigenvalue weighted by molar-refractivity contribution is 5.99. The van der Waals surface area contributed by atoms with Crippen LogP contribution >= 0.6 is 0 Å². The number of alkyl carbamates (subject to hydrolysis) is 1. The lowest BCUT2D eigenvalue weighted by Gasteiger charge is -2.16. The van der Waals surface area contributed by atoms with Crippen molar-refractivity contribution in [1.82, 2.24) is 20.6 Å². The van der Waals surface area contributed by atoms with Crippen molar-refractivity contribution in [2.75, 3.05) is 6.54 Å². The number of aromatic nitrogens is 2. The van der Waals surface area contributed by atoms with E-state index in [1.807, 2.05) is 85.8 Å². The molecule has 36 heavy (non-hydrogen) atoms. The number of nitrogens with one attached hydrogen (secondary N) is 2. The number of carbonyl (C=O) groups excluding carboxylic acids is 2. The first-order chi connectivity index (χ1) is 17.6. The Morgan fingerprint density at radius 2 is 1.53 bits per heavy atom. The van der Waals surface area contributed by atoms with Gasteiger partial charge < -0.3 is 15.4 Å². The van der Waals surface area contributed by atoms with E-state index in [4.69, 9.17) is 4.74 Å². The van der Waals surface area contributed by atoms with Gasteiger partial charge in [0.15, 0.2) is 0 Å². The minimum atomic E-state index is -0.514. The van der Waals surface area contributed by atoms with Crippen LogP contribution in [0.1, 0.15) is 40.3 Å². The fourth-order valence-corrected chi connectivity index (χ4v) is 3.84. The highest BCUT2D eigenvalue weighted by Crippen LogP contribution is 2.26. The highest BCUT2D eigenvalue weighted by atomic mass is 16.6. The maximum atomic E-state index is 13.0. The van der Waals surface area contributed by atoms with Crippen LogP contribution in [0.3, 0.4) is 0 Å². The molecule has 2 aromatic carbocycles. The van der Waals surface area contributed by atoms with E-state index in [1.165, 1.54) is 0 Å². The Kier molecular flexibility index (Phi) is 8.38. The first-order valence-corrected chi connectivity index (χ1v) is 11.8. The predicted molar refractivity (Wildman–Crippen MR) is 138 cm³/mol. The van der Waals surface area contributed by atoms with Crippen LogP contribution in [0, 0.1) is 0 Å². The van der Waals surface area contributed by atoms with Crippen molar-refractivity contribution in [1.29, 1.82) is 0 Å². The zero-order chi connectivity index (χ0) is 25.2. The van der Waals surface area contributed by atoms with Crippen molar-refractivity contribution < 1.29 is 14.3 Å². The summed E-state index contributed by atoms with van der Waals surface area (Å²) in [6.07, 6.45) is 3.07. The molecule has 182 valence electrons. The van der Waals surface area contributed by atoms with Crippen molar-refractivity contribution in [3.63, 3.8) is 0 Å². The van der Waals surface area contributed by atoms with Crippen LogP contribution in [0.25, 0.3) is 11.1 Å². The zero-order valence-corrected chi connectivity index (χ0v) is 20.1. The first kappa shape index (κ1) is 24.6. The molecule has 7 nitrogen and oxygen atoms in total. The standard InChI is InChI=1S/C29H28N4O3/c1-21(22-10-3-2-4-11-22)36-29(35)33-20-23-12-5-6-14-25(23)26-15-9-18-31-27(26)28(34)32-19-16-24-13-7-8-17-30-24/h2-15,17-18,21H,16,19-20H2,1H3,(H,32,34)(H,33,35)/t21-/m0/s1. The molecule has 0 spiro atoms. The number of ether oxygens (including phenoxy) is 1. The Labute approximate surface area is 210 Å². The first-order valence-electron chi connectivity index (χ1n) is 11.8. The molecule has 0 aliphatic carbocycles. The van der Waals surface area contributed by atoms with Crippen LogP contribution in [0.5, 0.6) is 0 Å². The lowest BCUT2D eigenvalue weighted by molar-refractivity contribution is 0.0949. The van der Waals surface area contributed by atoms with Crippen molar-refractivity contribution in [2.45, 2.75) is 26.0 Å². The molecule has 0 bridgehead atoms. The number of nitrogens with zero attached hydrogens (tertiary/aromatic N) is 2. The second-order valence-electron chi connectivity index (χ2n) is 8.20. The van der Waals surface area contributed by atoms with Gasteiger partial charge in [-0.2, -0.15) is 0 Å². The zero-order valence-electron chi connectivity index (χ0n) is 20.1. The van der Waals surface area contributed by atoms with Crippen LogP contribution in [0.2, 0.25) is 0 Å². The van der Waals surface area contributed by atoms with Crippen molar-refractivity contribution in [3.8, 4) is 11.1 Å². The van der Waals surface area contributed by atoms with Gasteiger partial charge in [0.2, 0.25) is 0 Å². The average Bonchev–Trinajstić information content (AvgIpc) is 2.93. The van der Waals surface area contributed by atoms with Gasteiger partial charge in [-0.1, -0.05) is 66.7 Å². The van der Waals surface area contributed by atoms with Gasteiger partial charge in [-0.15, -0.1) is 0 Å². The second kappa shape index (κ2) is 12.3. The maximum absolute atomic E-state index is 13.0. The number of benzene rings is 2. The molecule has 2 amide bonds. The number of pyridine rings is 2. The van der Waals surface area contributed by atoms with Gasteiger partial charge in [0.25, 0.3) is 5.91 Å². The molecular weight excluding hydrogens is 452 g/mol. The molecule has 0 radical (unpaired) electrons. The quantitative estimate of drug-likeness (QED) is 0.348. The van der Waals surface area contributed by atoms with Crippen molar-refractivity contribution in [3.05, 3.63) is 120 Å². The Bertz CT molecular complexity index is 1300. The summed E-state index contributed by atoms with van der Waals surface area (Å²) in [5.74, 6) is -0.264. The van der Waals surface area contributed by atoms with Crippen molar-refractivity contribution >= 4 is 12.0 Å². The van der Waals surface area contributed by atoms with Crippen molar-refractivity contribution in [2.24, 2.45) is 0 Å². The molecule has 2 heterocycles. The largest absolute Gasteiger partial charge is 0.442 e. The Morgan fingerprint density at radius 1 is 0.806 bits per heavy atom. The minimum absolute atomic E-state index is 0.242. The predicted octanol–water partition coefficient (Wildman–Crippen LogP) is 5.10. The van der Waals surface area contributed by atoms with Crippen LogP contribution in [-0.4, -0.2) is 28.5 Å². The fraction of sp³-hybridized carbons (Fsp3) is 0.172. The van der Waals surface area contributed by atoms with E-state index in [-0.39, 0.29) is 18.6 Å². The Morgan fingerprint density at radius 3 is 2.33 bits per heavy atom. The minimum Gasteiger partial charge on any atom is -0.442 e. The van der Waals surface area contributed by atoms with Gasteiger partial charge >= 0.3 is 6.09 Å². The third-order valence-electron chi connectivity index (χ3n) is 5.70. The fourth-order valence-electron chi connectivity index (χ4n) is 3.84. The van der Waals surface area contributed by atoms with Gasteiger partial charge in [0.05, 0.1) is 0 Å².